The molecule has 0 radical (unpaired) electrons. The van der Waals surface area contributed by atoms with Gasteiger partial charge in [-0.15, -0.1) is 0 Å². The zero-order valence-electron chi connectivity index (χ0n) is 10.2. The number of hydrogen-bond acceptors (Lipinski definition) is 3. The first-order chi connectivity index (χ1) is 7.58. The molecule has 92 valence electrons. The van der Waals surface area contributed by atoms with E-state index in [0.29, 0.717) is 6.04 Å². The average Bonchev–Trinajstić information content (AvgIpc) is 2.84. The maximum atomic E-state index is 12.1. The summed E-state index contributed by atoms with van der Waals surface area (Å²) in [6, 6.07) is 0.869. The predicted octanol–water partition coefficient (Wildman–Crippen LogP) is -0.225. The molecular formula is C11H22N4O. The fourth-order valence-electron chi connectivity index (χ4n) is 2.50. The van der Waals surface area contributed by atoms with Crippen LogP contribution in [-0.4, -0.2) is 73.1 Å². The third-order valence-electron chi connectivity index (χ3n) is 3.66. The highest BCUT2D eigenvalue weighted by molar-refractivity contribution is 5.75. The molecule has 2 aliphatic rings. The number of nitrogens with zero attached hydrogens (tertiary/aromatic N) is 3. The molecule has 0 aromatic heterocycles. The summed E-state index contributed by atoms with van der Waals surface area (Å²) in [7, 11) is 4.15. The summed E-state index contributed by atoms with van der Waals surface area (Å²) in [6.45, 7) is 3.29. The van der Waals surface area contributed by atoms with E-state index in [2.05, 4.69) is 19.0 Å². The van der Waals surface area contributed by atoms with Gasteiger partial charge >= 0.3 is 6.03 Å². The van der Waals surface area contributed by atoms with Crippen LogP contribution in [-0.2, 0) is 0 Å². The monoisotopic (exact) mass is 226 g/mol. The van der Waals surface area contributed by atoms with E-state index in [1.54, 1.807) is 0 Å². The molecule has 5 nitrogen and oxygen atoms in total. The van der Waals surface area contributed by atoms with Crippen LogP contribution >= 0.6 is 0 Å². The molecule has 2 saturated heterocycles. The van der Waals surface area contributed by atoms with Crippen molar-refractivity contribution in [2.24, 2.45) is 5.73 Å². The van der Waals surface area contributed by atoms with Crippen LogP contribution in [0.1, 0.15) is 12.8 Å². The van der Waals surface area contributed by atoms with E-state index >= 15 is 0 Å². The molecule has 0 spiro atoms. The number of likely N-dealkylation sites (tertiary alicyclic amines) is 2. The number of hydrogen-bond donors (Lipinski definition) is 1. The Morgan fingerprint density at radius 3 is 2.31 bits per heavy atom. The van der Waals surface area contributed by atoms with E-state index in [-0.39, 0.29) is 12.1 Å². The summed E-state index contributed by atoms with van der Waals surface area (Å²) >= 11 is 0. The minimum Gasteiger partial charge on any atom is -0.326 e. The number of likely N-dealkylation sites (N-methyl/N-ethyl adjacent to an activating group) is 1. The second-order valence-electron chi connectivity index (χ2n) is 5.13. The van der Waals surface area contributed by atoms with E-state index in [1.165, 1.54) is 0 Å². The first kappa shape index (κ1) is 11.7. The molecule has 2 rings (SSSR count). The Labute approximate surface area is 97.2 Å². The standard InChI is InChI=1S/C11H22N4O/c1-13(2)10-4-6-15(8-10)11(16)14-5-3-9(12)7-14/h9-10H,3-8,12H2,1-2H3/t9-,10+/m1/s1. The molecule has 2 aliphatic heterocycles. The highest BCUT2D eigenvalue weighted by Crippen LogP contribution is 2.17. The maximum Gasteiger partial charge on any atom is 0.320 e. The minimum atomic E-state index is 0.177. The SMILES string of the molecule is CN(C)[C@H]1CCN(C(=O)N2CC[C@@H](N)C2)C1. The average molecular weight is 226 g/mol. The van der Waals surface area contributed by atoms with Gasteiger partial charge in [-0.1, -0.05) is 0 Å². The van der Waals surface area contributed by atoms with E-state index in [1.807, 2.05) is 9.80 Å². The lowest BCUT2D eigenvalue weighted by atomic mass is 10.2. The van der Waals surface area contributed by atoms with Gasteiger partial charge < -0.3 is 20.4 Å². The molecule has 16 heavy (non-hydrogen) atoms. The van der Waals surface area contributed by atoms with E-state index in [9.17, 15) is 4.79 Å². The normalized spacial score (nSPS) is 30.5. The van der Waals surface area contributed by atoms with Crippen LogP contribution in [0.3, 0.4) is 0 Å². The molecule has 2 amide bonds. The van der Waals surface area contributed by atoms with Crippen LogP contribution in [0.15, 0.2) is 0 Å². The van der Waals surface area contributed by atoms with Crippen LogP contribution in [0, 0.1) is 0 Å². The third-order valence-corrected chi connectivity index (χ3v) is 3.66. The van der Waals surface area contributed by atoms with Crippen LogP contribution in [0.4, 0.5) is 4.79 Å². The van der Waals surface area contributed by atoms with Crippen molar-refractivity contribution in [3.8, 4) is 0 Å². The number of urea groups is 1. The molecule has 2 heterocycles. The number of nitrogens with two attached hydrogens (primary N) is 1. The molecule has 0 saturated carbocycles. The summed E-state index contributed by atoms with van der Waals surface area (Å²) in [5.41, 5.74) is 5.82. The Bertz CT molecular complexity index is 269. The van der Waals surface area contributed by atoms with Crippen molar-refractivity contribution in [2.45, 2.75) is 24.9 Å². The summed E-state index contributed by atoms with van der Waals surface area (Å²) in [5.74, 6) is 0. The van der Waals surface area contributed by atoms with Crippen LogP contribution in [0.5, 0.6) is 0 Å². The van der Waals surface area contributed by atoms with Gasteiger partial charge in [-0.3, -0.25) is 0 Å². The lowest BCUT2D eigenvalue weighted by molar-refractivity contribution is 0.168. The predicted molar refractivity (Wildman–Crippen MR) is 63.2 cm³/mol. The van der Waals surface area contributed by atoms with Crippen molar-refractivity contribution in [1.29, 1.82) is 0 Å². The van der Waals surface area contributed by atoms with Crippen molar-refractivity contribution >= 4 is 6.03 Å². The zero-order chi connectivity index (χ0) is 11.7. The molecule has 2 N–H and O–H groups in total. The van der Waals surface area contributed by atoms with Gasteiger partial charge in [-0.05, 0) is 26.9 Å². The van der Waals surface area contributed by atoms with Crippen LogP contribution < -0.4 is 5.73 Å². The number of carbonyl (C=O) groups is 1. The number of carbonyl (C=O) groups excluding carboxylic acids is 1. The minimum absolute atomic E-state index is 0.177. The van der Waals surface area contributed by atoms with Gasteiger partial charge in [0.25, 0.3) is 0 Å². The Hall–Kier alpha value is -0.810. The second kappa shape index (κ2) is 4.59. The largest absolute Gasteiger partial charge is 0.326 e. The van der Waals surface area contributed by atoms with Crippen LogP contribution in [0.2, 0.25) is 0 Å². The molecule has 0 aliphatic carbocycles. The van der Waals surface area contributed by atoms with Crippen molar-refractivity contribution in [1.82, 2.24) is 14.7 Å². The van der Waals surface area contributed by atoms with Gasteiger partial charge in [-0.2, -0.15) is 0 Å². The zero-order valence-corrected chi connectivity index (χ0v) is 10.2. The summed E-state index contributed by atoms with van der Waals surface area (Å²) in [5, 5.41) is 0. The Balaban J connectivity index is 1.87. The fraction of sp³-hybridized carbons (Fsp3) is 0.909. The van der Waals surface area contributed by atoms with E-state index in [0.717, 1.165) is 39.0 Å². The highest BCUT2D eigenvalue weighted by Gasteiger charge is 2.32. The molecule has 2 fully saturated rings. The van der Waals surface area contributed by atoms with Crippen LogP contribution in [0.25, 0.3) is 0 Å². The van der Waals surface area contributed by atoms with Gasteiger partial charge in [0.05, 0.1) is 0 Å². The molecule has 0 aromatic carbocycles. The Morgan fingerprint density at radius 1 is 1.19 bits per heavy atom. The third kappa shape index (κ3) is 2.30. The second-order valence-corrected chi connectivity index (χ2v) is 5.13. The number of rotatable bonds is 1. The van der Waals surface area contributed by atoms with Gasteiger partial charge in [0.15, 0.2) is 0 Å². The van der Waals surface area contributed by atoms with Gasteiger partial charge in [-0.25, -0.2) is 4.79 Å². The lowest BCUT2D eigenvalue weighted by Gasteiger charge is -2.25. The maximum absolute atomic E-state index is 12.1. The Kier molecular flexibility index (Phi) is 3.35. The molecule has 5 heteroatoms. The van der Waals surface area contributed by atoms with Crippen molar-refractivity contribution in [3.05, 3.63) is 0 Å². The highest BCUT2D eigenvalue weighted by atomic mass is 16.2. The molecule has 0 unspecified atom stereocenters. The van der Waals surface area contributed by atoms with Crippen molar-refractivity contribution < 1.29 is 4.79 Å². The van der Waals surface area contributed by atoms with Gasteiger partial charge in [0.2, 0.25) is 0 Å². The van der Waals surface area contributed by atoms with Gasteiger partial charge in [0, 0.05) is 38.3 Å². The topological polar surface area (TPSA) is 52.8 Å². The summed E-state index contributed by atoms with van der Waals surface area (Å²) in [4.78, 5) is 18.2. The van der Waals surface area contributed by atoms with Crippen molar-refractivity contribution in [2.75, 3.05) is 40.3 Å². The first-order valence-corrected chi connectivity index (χ1v) is 6.04. The van der Waals surface area contributed by atoms with E-state index < -0.39 is 0 Å². The quantitative estimate of drug-likeness (QED) is 0.672. The lowest BCUT2D eigenvalue weighted by Crippen LogP contribution is -2.43. The number of amides is 2. The molecule has 0 bridgehead atoms. The molecular weight excluding hydrogens is 204 g/mol. The summed E-state index contributed by atoms with van der Waals surface area (Å²) < 4.78 is 0. The van der Waals surface area contributed by atoms with Gasteiger partial charge in [0.1, 0.15) is 0 Å². The Morgan fingerprint density at radius 2 is 1.81 bits per heavy atom. The fourth-order valence-corrected chi connectivity index (χ4v) is 2.50. The first-order valence-electron chi connectivity index (χ1n) is 6.04. The van der Waals surface area contributed by atoms with Crippen molar-refractivity contribution in [3.63, 3.8) is 0 Å². The molecule has 0 aromatic rings. The molecule has 2 atom stereocenters. The smallest absolute Gasteiger partial charge is 0.320 e. The summed E-state index contributed by atoms with van der Waals surface area (Å²) in [6.07, 6.45) is 2.02. The van der Waals surface area contributed by atoms with E-state index in [4.69, 9.17) is 5.73 Å².